The van der Waals surface area contributed by atoms with Crippen molar-refractivity contribution in [1.29, 1.82) is 0 Å². The van der Waals surface area contributed by atoms with Gasteiger partial charge in [-0.3, -0.25) is 4.79 Å². The van der Waals surface area contributed by atoms with Gasteiger partial charge in [-0.15, -0.1) is 0 Å². The summed E-state index contributed by atoms with van der Waals surface area (Å²) in [5.74, 6) is -0.658. The third-order valence-corrected chi connectivity index (χ3v) is 4.12. The van der Waals surface area contributed by atoms with Gasteiger partial charge >= 0.3 is 18.1 Å². The molecule has 0 aliphatic heterocycles. The van der Waals surface area contributed by atoms with Gasteiger partial charge in [0, 0.05) is 6.54 Å². The van der Waals surface area contributed by atoms with Gasteiger partial charge in [0.1, 0.15) is 17.2 Å². The van der Waals surface area contributed by atoms with E-state index in [1.807, 2.05) is 84.0 Å². The van der Waals surface area contributed by atoms with Crippen molar-refractivity contribution in [2.45, 2.75) is 71.8 Å². The molecule has 0 aromatic heterocycles. The average molecular weight is 456 g/mol. The molecule has 0 bridgehead atoms. The second-order valence-corrected chi connectivity index (χ2v) is 9.44. The molecule has 2 rings (SSSR count). The van der Waals surface area contributed by atoms with Gasteiger partial charge in [-0.05, 0) is 71.2 Å². The maximum Gasteiger partial charge on any atom is 0.373 e. The Morgan fingerprint density at radius 3 is 1.82 bits per heavy atom. The van der Waals surface area contributed by atoms with Gasteiger partial charge in [0.25, 0.3) is 0 Å². The fraction of sp³-hybridized carbons (Fsp3) is 0.423. The summed E-state index contributed by atoms with van der Waals surface area (Å²) in [7, 11) is 0. The zero-order valence-corrected chi connectivity index (χ0v) is 20.1. The van der Waals surface area contributed by atoms with Crippen molar-refractivity contribution >= 4 is 18.1 Å². The van der Waals surface area contributed by atoms with Crippen molar-refractivity contribution in [3.63, 3.8) is 0 Å². The Morgan fingerprint density at radius 2 is 1.33 bits per heavy atom. The Balaban J connectivity index is 0.00000172. The maximum absolute atomic E-state index is 12.8. The summed E-state index contributed by atoms with van der Waals surface area (Å²) in [6.07, 6.45) is 0.705. The third kappa shape index (κ3) is 11.8. The van der Waals surface area contributed by atoms with Crippen LogP contribution in [0.25, 0.3) is 0 Å². The Hall–Kier alpha value is -3.28. The van der Waals surface area contributed by atoms with Crippen molar-refractivity contribution in [2.24, 2.45) is 0 Å². The Bertz CT molecular complexity index is 918. The van der Waals surface area contributed by atoms with Crippen LogP contribution < -0.4 is 5.32 Å². The highest BCUT2D eigenvalue weighted by molar-refractivity contribution is 5.89. The zero-order valence-electron chi connectivity index (χ0n) is 20.1. The second kappa shape index (κ2) is 12.7. The van der Waals surface area contributed by atoms with E-state index in [1.54, 1.807) is 12.1 Å². The van der Waals surface area contributed by atoms with Gasteiger partial charge in [0.2, 0.25) is 0 Å². The van der Waals surface area contributed by atoms with E-state index in [0.29, 0.717) is 18.5 Å². The number of benzene rings is 2. The first-order chi connectivity index (χ1) is 15.3. The number of carbonyl (C=O) groups is 2. The molecule has 0 fully saturated rings. The summed E-state index contributed by atoms with van der Waals surface area (Å²) in [6.45, 7) is 11.6. The lowest BCUT2D eigenvalue weighted by molar-refractivity contribution is -0.191. The van der Waals surface area contributed by atoms with Crippen LogP contribution in [0.2, 0.25) is 0 Å². The van der Waals surface area contributed by atoms with E-state index in [4.69, 9.17) is 19.1 Å². The van der Waals surface area contributed by atoms with Crippen molar-refractivity contribution in [2.75, 3.05) is 0 Å². The molecule has 0 radical (unpaired) electrons. The summed E-state index contributed by atoms with van der Waals surface area (Å²) >= 11 is 0. The molecule has 2 aromatic carbocycles. The lowest BCUT2D eigenvalue weighted by Crippen LogP contribution is -2.42. The molecule has 7 nitrogen and oxygen atoms in total. The van der Waals surface area contributed by atoms with Gasteiger partial charge in [0.15, 0.2) is 0 Å². The smallest absolute Gasteiger partial charge is 0.373 e. The van der Waals surface area contributed by atoms with Gasteiger partial charge < -0.3 is 14.8 Å². The molecule has 2 aromatic rings. The van der Waals surface area contributed by atoms with Crippen LogP contribution in [0, 0.1) is 0 Å². The second-order valence-electron chi connectivity index (χ2n) is 9.44. The van der Waals surface area contributed by atoms with Gasteiger partial charge in [-0.1, -0.05) is 42.5 Å². The molecule has 0 aliphatic carbocycles. The van der Waals surface area contributed by atoms with Crippen LogP contribution in [0.5, 0.6) is 0 Å². The van der Waals surface area contributed by atoms with Gasteiger partial charge in [-0.25, -0.2) is 4.79 Å². The Morgan fingerprint density at radius 1 is 0.818 bits per heavy atom. The Kier molecular flexibility index (Phi) is 10.7. The first-order valence-electron chi connectivity index (χ1n) is 10.7. The predicted octanol–water partition coefficient (Wildman–Crippen LogP) is 4.10. The minimum Gasteiger partial charge on any atom is -0.459 e. The van der Waals surface area contributed by atoms with Crippen LogP contribution in [0.1, 0.15) is 63.0 Å². The highest BCUT2D eigenvalue weighted by atomic mass is 16.6. The lowest BCUT2D eigenvalue weighted by atomic mass is 10.0. The standard InChI is InChI=1S/C25H33NO4.CO2/c1-24(2,3)29-22(27)20-14-12-18(13-15-20)16-21(23(28)30-25(4,5)6)26-17-19-10-8-7-9-11-19;2-1-3/h7-15,21,26H,16-17H2,1-6H3;/t21-;/m0./s1. The molecule has 0 heterocycles. The minimum absolute atomic E-state index is 0.250. The summed E-state index contributed by atoms with van der Waals surface area (Å²) in [6, 6.07) is 16.6. The quantitative estimate of drug-likeness (QED) is 0.628. The maximum atomic E-state index is 12.8. The fourth-order valence-corrected chi connectivity index (χ4v) is 2.80. The van der Waals surface area contributed by atoms with Crippen LogP contribution in [0.4, 0.5) is 0 Å². The van der Waals surface area contributed by atoms with E-state index in [2.05, 4.69) is 5.32 Å². The lowest BCUT2D eigenvalue weighted by Gasteiger charge is -2.25. The zero-order chi connectivity index (χ0) is 25.1. The number of hydrogen-bond acceptors (Lipinski definition) is 7. The molecule has 33 heavy (non-hydrogen) atoms. The number of esters is 2. The molecule has 0 unspecified atom stereocenters. The van der Waals surface area contributed by atoms with Crippen LogP contribution in [0.15, 0.2) is 54.6 Å². The van der Waals surface area contributed by atoms with Crippen molar-refractivity contribution in [1.82, 2.24) is 5.32 Å². The Labute approximate surface area is 195 Å². The molecule has 7 heteroatoms. The van der Waals surface area contributed by atoms with Crippen LogP contribution >= 0.6 is 0 Å². The molecule has 0 aliphatic rings. The molecular weight excluding hydrogens is 422 g/mol. The van der Waals surface area contributed by atoms with Crippen LogP contribution in [0.3, 0.4) is 0 Å². The van der Waals surface area contributed by atoms with E-state index >= 15 is 0 Å². The number of hydrogen-bond donors (Lipinski definition) is 1. The molecule has 1 N–H and O–H groups in total. The van der Waals surface area contributed by atoms with Crippen molar-refractivity contribution < 1.29 is 28.7 Å². The number of rotatable bonds is 7. The number of ether oxygens (including phenoxy) is 2. The summed E-state index contributed by atoms with van der Waals surface area (Å²) in [5, 5.41) is 3.31. The van der Waals surface area contributed by atoms with Gasteiger partial charge in [-0.2, -0.15) is 9.59 Å². The van der Waals surface area contributed by atoms with E-state index in [0.717, 1.165) is 11.1 Å². The third-order valence-electron chi connectivity index (χ3n) is 4.12. The van der Waals surface area contributed by atoms with Crippen molar-refractivity contribution in [3.05, 3.63) is 71.3 Å². The van der Waals surface area contributed by atoms with Crippen LogP contribution in [-0.2, 0) is 36.8 Å². The highest BCUT2D eigenvalue weighted by Crippen LogP contribution is 2.15. The van der Waals surface area contributed by atoms with E-state index in [-0.39, 0.29) is 18.1 Å². The van der Waals surface area contributed by atoms with Gasteiger partial charge in [0.05, 0.1) is 5.56 Å². The first kappa shape index (κ1) is 27.8. The molecule has 0 saturated heterocycles. The SMILES string of the molecule is CC(C)(C)OC(=O)c1ccc(C[C@H](NCc2ccccc2)C(=O)OC(C)(C)C)cc1.O=C=O. The normalized spacial score (nSPS) is 11.9. The minimum atomic E-state index is -0.565. The predicted molar refractivity (Wildman–Crippen MR) is 123 cm³/mol. The van der Waals surface area contributed by atoms with Crippen molar-refractivity contribution in [3.8, 4) is 0 Å². The molecule has 0 spiro atoms. The molecule has 178 valence electrons. The van der Waals surface area contributed by atoms with Crippen LogP contribution in [-0.4, -0.2) is 35.3 Å². The molecule has 0 saturated carbocycles. The topological polar surface area (TPSA) is 98.8 Å². The highest BCUT2D eigenvalue weighted by Gasteiger charge is 2.25. The summed E-state index contributed by atoms with van der Waals surface area (Å²) in [5.41, 5.74) is 1.40. The monoisotopic (exact) mass is 455 g/mol. The van der Waals surface area contributed by atoms with E-state index < -0.39 is 17.2 Å². The van der Waals surface area contributed by atoms with E-state index in [1.165, 1.54) is 0 Å². The number of nitrogens with one attached hydrogen (secondary N) is 1. The molecule has 0 amide bonds. The first-order valence-corrected chi connectivity index (χ1v) is 10.7. The molecule has 1 atom stereocenters. The fourth-order valence-electron chi connectivity index (χ4n) is 2.80. The summed E-state index contributed by atoms with van der Waals surface area (Å²) < 4.78 is 11.0. The summed E-state index contributed by atoms with van der Waals surface area (Å²) in [4.78, 5) is 41.2. The molecular formula is C26H33NO6. The van der Waals surface area contributed by atoms with E-state index in [9.17, 15) is 9.59 Å². The largest absolute Gasteiger partial charge is 0.459 e. The average Bonchev–Trinajstić information content (AvgIpc) is 2.70. The number of carbonyl (C=O) groups excluding carboxylic acids is 4.